The molecule has 10 aromatic rings. The summed E-state index contributed by atoms with van der Waals surface area (Å²) in [7, 11) is 0. The summed E-state index contributed by atoms with van der Waals surface area (Å²) in [4.78, 5) is 10.6. The number of rotatable bonds is 5. The molecule has 0 atom stereocenters. The zero-order valence-corrected chi connectivity index (χ0v) is 27.8. The summed E-state index contributed by atoms with van der Waals surface area (Å²) in [5, 5.41) is 3.57. The minimum Gasteiger partial charge on any atom is -0.308 e. The second-order valence-electron chi connectivity index (χ2n) is 12.6. The summed E-state index contributed by atoms with van der Waals surface area (Å²) in [6, 6.07) is 62.2. The van der Waals surface area contributed by atoms with Crippen LogP contribution in [-0.2, 0) is 0 Å². The Hall–Kier alpha value is -6.36. The molecular weight excluding hydrogens is 627 g/mol. The van der Waals surface area contributed by atoms with Crippen molar-refractivity contribution in [1.82, 2.24) is 14.5 Å². The summed E-state index contributed by atoms with van der Waals surface area (Å²) in [5.41, 5.74) is 13.0. The van der Waals surface area contributed by atoms with Crippen LogP contribution in [0.1, 0.15) is 0 Å². The second-order valence-corrected chi connectivity index (χ2v) is 13.6. The Balaban J connectivity index is 1.21. The number of pyridine rings is 2. The van der Waals surface area contributed by atoms with E-state index < -0.39 is 0 Å². The molecule has 0 saturated carbocycles. The molecule has 0 bridgehead atoms. The number of aromatic nitrogens is 3. The van der Waals surface area contributed by atoms with Gasteiger partial charge in [-0.3, -0.25) is 0 Å². The van der Waals surface area contributed by atoms with Crippen molar-refractivity contribution in [3.63, 3.8) is 0 Å². The van der Waals surface area contributed by atoms with Crippen molar-refractivity contribution in [2.24, 2.45) is 0 Å². The van der Waals surface area contributed by atoms with Gasteiger partial charge in [0, 0.05) is 43.2 Å². The second kappa shape index (κ2) is 11.7. The molecule has 0 spiro atoms. The summed E-state index contributed by atoms with van der Waals surface area (Å²) < 4.78 is 4.88. The smallest absolute Gasteiger partial charge is 0.0917 e. The number of para-hydroxylation sites is 2. The molecule has 0 aliphatic carbocycles. The van der Waals surface area contributed by atoms with Gasteiger partial charge in [-0.05, 0) is 47.5 Å². The van der Waals surface area contributed by atoms with E-state index in [-0.39, 0.29) is 0 Å². The fourth-order valence-electron chi connectivity index (χ4n) is 7.25. The first kappa shape index (κ1) is 28.6. The van der Waals surface area contributed by atoms with Crippen molar-refractivity contribution in [3.05, 3.63) is 176 Å². The molecule has 0 amide bonds. The quantitative estimate of drug-likeness (QED) is 0.185. The minimum atomic E-state index is 0.956. The lowest BCUT2D eigenvalue weighted by atomic mass is 9.97. The summed E-state index contributed by atoms with van der Waals surface area (Å²) in [5.74, 6) is 0. The van der Waals surface area contributed by atoms with Crippen LogP contribution in [0.25, 0.3) is 92.7 Å². The van der Waals surface area contributed by atoms with Crippen molar-refractivity contribution in [3.8, 4) is 50.6 Å². The van der Waals surface area contributed by atoms with Gasteiger partial charge in [-0.2, -0.15) is 0 Å². The standard InChI is InChI=1S/C46H29N3S/c1-4-14-31(15-5-1)38-28-34(29-39(47-38)32-16-6-2-7-17-32)30-24-26-33(27-25-30)43-42-36-20-10-12-22-40(36)49(35-18-8-3-9-19-35)45(42)46-44(48-43)37-21-11-13-23-41(37)50-46/h1-29H. The molecule has 0 unspecified atom stereocenters. The molecule has 3 nitrogen and oxygen atoms in total. The lowest BCUT2D eigenvalue weighted by Gasteiger charge is -2.12. The van der Waals surface area contributed by atoms with Crippen molar-refractivity contribution < 1.29 is 0 Å². The van der Waals surface area contributed by atoms with Crippen LogP contribution in [0.3, 0.4) is 0 Å². The highest BCUT2D eigenvalue weighted by Crippen LogP contribution is 2.45. The predicted molar refractivity (Wildman–Crippen MR) is 211 cm³/mol. The molecule has 0 saturated heterocycles. The lowest BCUT2D eigenvalue weighted by Crippen LogP contribution is -1.94. The Morgan fingerprint density at radius 1 is 0.440 bits per heavy atom. The van der Waals surface area contributed by atoms with Crippen molar-refractivity contribution in [1.29, 1.82) is 0 Å². The molecule has 0 fully saturated rings. The van der Waals surface area contributed by atoms with Crippen molar-refractivity contribution in [2.45, 2.75) is 0 Å². The van der Waals surface area contributed by atoms with Gasteiger partial charge >= 0.3 is 0 Å². The van der Waals surface area contributed by atoms with Crippen LogP contribution < -0.4 is 0 Å². The molecule has 4 heterocycles. The lowest BCUT2D eigenvalue weighted by molar-refractivity contribution is 1.19. The van der Waals surface area contributed by atoms with E-state index in [2.05, 4.69) is 168 Å². The van der Waals surface area contributed by atoms with Crippen LogP contribution in [0.4, 0.5) is 0 Å². The van der Waals surface area contributed by atoms with Gasteiger partial charge in [-0.15, -0.1) is 11.3 Å². The Kier molecular flexibility index (Phi) is 6.68. The molecule has 4 heteroatoms. The average Bonchev–Trinajstić information content (AvgIpc) is 3.75. The number of hydrogen-bond donors (Lipinski definition) is 0. The van der Waals surface area contributed by atoms with Crippen LogP contribution in [0.2, 0.25) is 0 Å². The topological polar surface area (TPSA) is 30.7 Å². The predicted octanol–water partition coefficient (Wildman–Crippen LogP) is 12.6. The zero-order chi connectivity index (χ0) is 33.0. The van der Waals surface area contributed by atoms with E-state index in [4.69, 9.17) is 9.97 Å². The van der Waals surface area contributed by atoms with Crippen molar-refractivity contribution >= 4 is 53.4 Å². The van der Waals surface area contributed by atoms with Crippen LogP contribution in [-0.4, -0.2) is 14.5 Å². The average molecular weight is 656 g/mol. The summed E-state index contributed by atoms with van der Waals surface area (Å²) >= 11 is 1.83. The summed E-state index contributed by atoms with van der Waals surface area (Å²) in [6.07, 6.45) is 0. The third-order valence-electron chi connectivity index (χ3n) is 9.59. The van der Waals surface area contributed by atoms with Gasteiger partial charge in [0.15, 0.2) is 0 Å². The highest BCUT2D eigenvalue weighted by molar-refractivity contribution is 7.26. The van der Waals surface area contributed by atoms with E-state index in [1.165, 1.54) is 36.6 Å². The number of thiophene rings is 1. The number of nitrogens with zero attached hydrogens (tertiary/aromatic N) is 3. The first-order valence-corrected chi connectivity index (χ1v) is 17.7. The van der Waals surface area contributed by atoms with Crippen LogP contribution in [0.15, 0.2) is 176 Å². The summed E-state index contributed by atoms with van der Waals surface area (Å²) in [6.45, 7) is 0. The van der Waals surface area contributed by atoms with Gasteiger partial charge in [-0.25, -0.2) is 9.97 Å². The molecule has 4 aromatic heterocycles. The number of hydrogen-bond acceptors (Lipinski definition) is 3. The SMILES string of the molecule is c1ccc(-c2cc(-c3ccc(-c4nc5c6ccccc6sc5c5c4c4ccccc4n5-c4ccccc4)cc3)cc(-c3ccccc3)n2)cc1. The molecule has 234 valence electrons. The minimum absolute atomic E-state index is 0.956. The molecule has 0 aliphatic heterocycles. The number of fused-ring (bicyclic) bond motifs is 7. The van der Waals surface area contributed by atoms with Gasteiger partial charge in [0.25, 0.3) is 0 Å². The molecule has 50 heavy (non-hydrogen) atoms. The van der Waals surface area contributed by atoms with Gasteiger partial charge in [0.2, 0.25) is 0 Å². The van der Waals surface area contributed by atoms with Gasteiger partial charge in [0.1, 0.15) is 0 Å². The Labute approximate surface area is 293 Å². The molecule has 6 aromatic carbocycles. The monoisotopic (exact) mass is 655 g/mol. The van der Waals surface area contributed by atoms with Crippen LogP contribution >= 0.6 is 11.3 Å². The maximum atomic E-state index is 5.52. The number of benzene rings is 6. The Morgan fingerprint density at radius 2 is 1.00 bits per heavy atom. The van der Waals surface area contributed by atoms with Crippen LogP contribution in [0.5, 0.6) is 0 Å². The molecule has 0 radical (unpaired) electrons. The third kappa shape index (κ3) is 4.65. The Bertz CT molecular complexity index is 2780. The zero-order valence-electron chi connectivity index (χ0n) is 27.0. The van der Waals surface area contributed by atoms with Crippen LogP contribution in [0, 0.1) is 0 Å². The van der Waals surface area contributed by atoms with Gasteiger partial charge in [0.05, 0.1) is 38.3 Å². The van der Waals surface area contributed by atoms with Gasteiger partial charge < -0.3 is 4.57 Å². The first-order chi connectivity index (χ1) is 24.8. The molecular formula is C46H29N3S. The highest BCUT2D eigenvalue weighted by atomic mass is 32.1. The van der Waals surface area contributed by atoms with Gasteiger partial charge in [-0.1, -0.05) is 140 Å². The first-order valence-electron chi connectivity index (χ1n) is 16.8. The van der Waals surface area contributed by atoms with E-state index in [1.54, 1.807) is 0 Å². The van der Waals surface area contributed by atoms with E-state index in [1.807, 2.05) is 23.5 Å². The fourth-order valence-corrected chi connectivity index (χ4v) is 8.43. The van der Waals surface area contributed by atoms with Crippen molar-refractivity contribution in [2.75, 3.05) is 0 Å². The Morgan fingerprint density at radius 3 is 1.68 bits per heavy atom. The van der Waals surface area contributed by atoms with E-state index in [0.29, 0.717) is 0 Å². The molecule has 0 N–H and O–H groups in total. The fraction of sp³-hybridized carbons (Fsp3) is 0. The van der Waals surface area contributed by atoms with E-state index >= 15 is 0 Å². The molecule has 0 aliphatic rings. The van der Waals surface area contributed by atoms with E-state index in [9.17, 15) is 0 Å². The third-order valence-corrected chi connectivity index (χ3v) is 10.8. The van der Waals surface area contributed by atoms with E-state index in [0.717, 1.165) is 56.1 Å². The maximum Gasteiger partial charge on any atom is 0.0917 e. The highest BCUT2D eigenvalue weighted by Gasteiger charge is 2.23. The maximum absolute atomic E-state index is 5.52. The normalized spacial score (nSPS) is 11.6. The molecule has 10 rings (SSSR count). The largest absolute Gasteiger partial charge is 0.308 e.